The van der Waals surface area contributed by atoms with Crippen LogP contribution in [0.3, 0.4) is 0 Å². The van der Waals surface area contributed by atoms with Gasteiger partial charge in [0.2, 0.25) is 5.91 Å². The largest absolute Gasteiger partial charge is 0.493 e. The van der Waals surface area contributed by atoms with Gasteiger partial charge in [0.15, 0.2) is 0 Å². The number of anilines is 1. The van der Waals surface area contributed by atoms with Crippen LogP contribution in [0.15, 0.2) is 34.8 Å². The maximum Gasteiger partial charge on any atom is 0.326 e. The molecule has 0 aliphatic carbocycles. The molecular weight excluding hydrogens is 426 g/mol. The highest BCUT2D eigenvalue weighted by molar-refractivity contribution is 9.10. The first-order chi connectivity index (χ1) is 13.5. The quantitative estimate of drug-likeness (QED) is 0.787. The van der Waals surface area contributed by atoms with E-state index in [1.165, 1.54) is 4.90 Å². The van der Waals surface area contributed by atoms with Crippen LogP contribution in [0.4, 0.5) is 5.69 Å². The van der Waals surface area contributed by atoms with Gasteiger partial charge in [-0.1, -0.05) is 28.9 Å². The predicted octanol–water partition coefficient (Wildman–Crippen LogP) is 3.27. The molecule has 0 fully saturated rings. The van der Waals surface area contributed by atoms with E-state index in [4.69, 9.17) is 9.47 Å². The Bertz CT molecular complexity index is 1040. The summed E-state index contributed by atoms with van der Waals surface area (Å²) in [5.41, 5.74) is 2.19. The summed E-state index contributed by atoms with van der Waals surface area (Å²) in [6.45, 7) is 2.53. The van der Waals surface area contributed by atoms with Gasteiger partial charge >= 0.3 is 5.97 Å². The van der Waals surface area contributed by atoms with Crippen molar-refractivity contribution >= 4 is 33.5 Å². The third-order valence-electron chi connectivity index (χ3n) is 5.94. The van der Waals surface area contributed by atoms with Crippen molar-refractivity contribution in [3.63, 3.8) is 0 Å². The molecule has 1 spiro atoms. The van der Waals surface area contributed by atoms with Gasteiger partial charge in [-0.15, -0.1) is 0 Å². The Labute approximate surface area is 170 Å². The van der Waals surface area contributed by atoms with Gasteiger partial charge < -0.3 is 14.6 Å². The second-order valence-corrected chi connectivity index (χ2v) is 8.17. The lowest BCUT2D eigenvalue weighted by Gasteiger charge is -2.27. The molecule has 2 aromatic carbocycles. The van der Waals surface area contributed by atoms with Crippen LogP contribution in [-0.4, -0.2) is 36.2 Å². The molecule has 144 valence electrons. The average molecular weight is 444 g/mol. The van der Waals surface area contributed by atoms with Crippen LogP contribution in [0.1, 0.15) is 30.0 Å². The summed E-state index contributed by atoms with van der Waals surface area (Å²) in [4.78, 5) is 27.2. The number of hydrogen-bond donors (Lipinski definition) is 1. The maximum atomic E-state index is 13.8. The van der Waals surface area contributed by atoms with Crippen LogP contribution in [0.25, 0.3) is 0 Å². The second kappa shape index (κ2) is 5.98. The minimum absolute atomic E-state index is 0.145. The molecule has 6 nitrogen and oxygen atoms in total. The molecule has 0 radical (unpaired) electrons. The average Bonchev–Trinajstić information content (AvgIpc) is 3.33. The number of aliphatic carboxylic acids is 1. The van der Waals surface area contributed by atoms with Gasteiger partial charge in [0, 0.05) is 28.1 Å². The van der Waals surface area contributed by atoms with Gasteiger partial charge in [-0.3, -0.25) is 9.69 Å². The first kappa shape index (κ1) is 17.6. The van der Waals surface area contributed by atoms with Gasteiger partial charge in [-0.05, 0) is 30.2 Å². The minimum Gasteiger partial charge on any atom is -0.493 e. The summed E-state index contributed by atoms with van der Waals surface area (Å²) in [5.74, 6) is 0.157. The molecule has 7 heteroatoms. The van der Waals surface area contributed by atoms with Gasteiger partial charge in [-0.2, -0.15) is 0 Å². The fraction of sp³-hybridized carbons (Fsp3) is 0.333. The lowest BCUT2D eigenvalue weighted by atomic mass is 9.76. The van der Waals surface area contributed by atoms with Gasteiger partial charge in [0.05, 0.1) is 12.3 Å². The number of benzene rings is 2. The van der Waals surface area contributed by atoms with Gasteiger partial charge in [-0.25, -0.2) is 4.79 Å². The van der Waals surface area contributed by atoms with Crippen LogP contribution >= 0.6 is 15.9 Å². The molecule has 0 bridgehead atoms. The summed E-state index contributed by atoms with van der Waals surface area (Å²) in [6.07, 6.45) is 1.10. The molecule has 0 saturated carbocycles. The Kier molecular flexibility index (Phi) is 3.75. The molecule has 1 N–H and O–H groups in total. The summed E-state index contributed by atoms with van der Waals surface area (Å²) in [5, 5.41) is 9.75. The van der Waals surface area contributed by atoms with Crippen molar-refractivity contribution in [2.75, 3.05) is 18.1 Å². The van der Waals surface area contributed by atoms with E-state index in [-0.39, 0.29) is 12.5 Å². The van der Waals surface area contributed by atoms with E-state index >= 15 is 0 Å². The van der Waals surface area contributed by atoms with Crippen LogP contribution in [-0.2, 0) is 21.4 Å². The number of hydrogen-bond acceptors (Lipinski definition) is 4. The summed E-state index contributed by atoms with van der Waals surface area (Å²) >= 11 is 3.60. The first-order valence-corrected chi connectivity index (χ1v) is 10.1. The molecule has 3 heterocycles. The number of fused-ring (bicyclic) bond motifs is 5. The smallest absolute Gasteiger partial charge is 0.326 e. The molecule has 0 saturated heterocycles. The number of ether oxygens (including phenoxy) is 2. The van der Waals surface area contributed by atoms with Crippen molar-refractivity contribution in [1.82, 2.24) is 0 Å². The fourth-order valence-corrected chi connectivity index (χ4v) is 5.34. The fourth-order valence-electron chi connectivity index (χ4n) is 4.64. The summed E-state index contributed by atoms with van der Waals surface area (Å²) in [6, 6.07) is 8.44. The molecule has 2 unspecified atom stereocenters. The molecule has 2 aromatic rings. The molecule has 28 heavy (non-hydrogen) atoms. The van der Waals surface area contributed by atoms with Crippen molar-refractivity contribution in [1.29, 1.82) is 0 Å². The zero-order valence-corrected chi connectivity index (χ0v) is 16.8. The minimum atomic E-state index is -1.05. The number of amides is 1. The van der Waals surface area contributed by atoms with Crippen molar-refractivity contribution in [2.45, 2.75) is 31.2 Å². The number of halogens is 1. The third kappa shape index (κ3) is 2.08. The highest BCUT2D eigenvalue weighted by atomic mass is 79.9. The van der Waals surface area contributed by atoms with E-state index in [0.29, 0.717) is 24.5 Å². The lowest BCUT2D eigenvalue weighted by Crippen LogP contribution is -2.49. The molecule has 3 aliphatic heterocycles. The number of carboxylic acid groups (broad SMARTS) is 1. The molecule has 0 aromatic heterocycles. The van der Waals surface area contributed by atoms with E-state index in [0.717, 1.165) is 33.3 Å². The zero-order valence-electron chi connectivity index (χ0n) is 15.2. The van der Waals surface area contributed by atoms with E-state index < -0.39 is 17.4 Å². The Balaban J connectivity index is 1.77. The summed E-state index contributed by atoms with van der Waals surface area (Å²) in [7, 11) is 0. The number of carboxylic acids is 1. The van der Waals surface area contributed by atoms with Crippen LogP contribution in [0.5, 0.6) is 11.5 Å². The van der Waals surface area contributed by atoms with E-state index in [1.54, 1.807) is 6.92 Å². The van der Waals surface area contributed by atoms with Gasteiger partial charge in [0.25, 0.3) is 0 Å². The normalized spacial score (nSPS) is 22.5. The van der Waals surface area contributed by atoms with Crippen molar-refractivity contribution in [3.05, 3.63) is 51.5 Å². The van der Waals surface area contributed by atoms with E-state index in [2.05, 4.69) is 15.9 Å². The highest BCUT2D eigenvalue weighted by Crippen LogP contribution is 2.56. The predicted molar refractivity (Wildman–Crippen MR) is 105 cm³/mol. The standard InChI is InChI=1S/C21H18BrNO5/c1-2-14(19(24)25)23-15-5-3-4-13(22)18(15)21(20(23)26)10-28-17-9-16-11(6-7-27-16)8-12(17)21/h3-5,8-9,14H,2,6-7,10H2,1H3,(H,24,25). The number of carbonyl (C=O) groups is 2. The SMILES string of the molecule is CCC(C(=O)O)N1C(=O)C2(COc3cc4c(cc32)CCO4)c2c(Br)cccc21. The lowest BCUT2D eigenvalue weighted by molar-refractivity contribution is -0.140. The first-order valence-electron chi connectivity index (χ1n) is 9.27. The number of rotatable bonds is 3. The Hall–Kier alpha value is -2.54. The second-order valence-electron chi connectivity index (χ2n) is 7.32. The van der Waals surface area contributed by atoms with Crippen LogP contribution in [0.2, 0.25) is 0 Å². The van der Waals surface area contributed by atoms with Crippen molar-refractivity contribution in [2.24, 2.45) is 0 Å². The molecular formula is C21H18BrNO5. The molecule has 5 rings (SSSR count). The van der Waals surface area contributed by atoms with E-state index in [1.807, 2.05) is 30.3 Å². The maximum absolute atomic E-state index is 13.8. The topological polar surface area (TPSA) is 76.1 Å². The summed E-state index contributed by atoms with van der Waals surface area (Å²) < 4.78 is 12.4. The number of carbonyl (C=O) groups excluding carboxylic acids is 1. The highest BCUT2D eigenvalue weighted by Gasteiger charge is 2.59. The number of nitrogens with zero attached hydrogens (tertiary/aromatic N) is 1. The Morgan fingerprint density at radius 1 is 1.32 bits per heavy atom. The monoisotopic (exact) mass is 443 g/mol. The molecule has 2 atom stereocenters. The van der Waals surface area contributed by atoms with Crippen molar-refractivity contribution in [3.8, 4) is 11.5 Å². The molecule has 1 amide bonds. The zero-order chi connectivity index (χ0) is 19.6. The van der Waals surface area contributed by atoms with Crippen LogP contribution in [0, 0.1) is 0 Å². The van der Waals surface area contributed by atoms with Crippen LogP contribution < -0.4 is 14.4 Å². The van der Waals surface area contributed by atoms with Crippen molar-refractivity contribution < 1.29 is 24.2 Å². The Morgan fingerprint density at radius 3 is 2.89 bits per heavy atom. The van der Waals surface area contributed by atoms with E-state index in [9.17, 15) is 14.7 Å². The van der Waals surface area contributed by atoms with Gasteiger partial charge in [0.1, 0.15) is 29.6 Å². The third-order valence-corrected chi connectivity index (χ3v) is 6.60. The molecule has 3 aliphatic rings. The Morgan fingerprint density at radius 2 is 2.14 bits per heavy atom.